The first kappa shape index (κ1) is 19.0. The molecule has 138 valence electrons. The molecule has 4 aromatic rings. The Morgan fingerprint density at radius 1 is 0.679 bits per heavy atom. The molecule has 0 aliphatic rings. The number of aromatic carboxylic acids is 1. The normalized spacial score (nSPS) is 9.89. The summed E-state index contributed by atoms with van der Waals surface area (Å²) in [6, 6.07) is 26.6. The number of aryl methyl sites for hydroxylation is 1. The summed E-state index contributed by atoms with van der Waals surface area (Å²) in [5.74, 6) is -0.914. The highest BCUT2D eigenvalue weighted by Gasteiger charge is 2.03. The second-order valence-corrected chi connectivity index (χ2v) is 6.18. The summed E-state index contributed by atoms with van der Waals surface area (Å²) in [6.07, 6.45) is 3.52. The van der Waals surface area contributed by atoms with Gasteiger partial charge in [0.25, 0.3) is 0 Å². The first-order valence-electron chi connectivity index (χ1n) is 8.86. The molecule has 0 atom stereocenters. The molecule has 1 N–H and O–H groups in total. The van der Waals surface area contributed by atoms with Crippen LogP contribution in [0.25, 0.3) is 22.5 Å². The van der Waals surface area contributed by atoms with Crippen molar-refractivity contribution in [1.29, 1.82) is 0 Å². The molecule has 0 radical (unpaired) electrons. The van der Waals surface area contributed by atoms with Crippen LogP contribution in [0, 0.1) is 6.92 Å². The van der Waals surface area contributed by atoms with Crippen LogP contribution in [0.4, 0.5) is 0 Å². The summed E-state index contributed by atoms with van der Waals surface area (Å²) in [5.41, 5.74) is 5.53. The smallest absolute Gasteiger partial charge is 0.335 e. The number of nitrogens with zero attached hydrogens (tertiary/aromatic N) is 2. The van der Waals surface area contributed by atoms with Gasteiger partial charge < -0.3 is 5.11 Å². The fraction of sp³-hybridized carbons (Fsp3) is 0.0417. The minimum Gasteiger partial charge on any atom is -0.478 e. The molecule has 0 spiro atoms. The van der Waals surface area contributed by atoms with Crippen molar-refractivity contribution >= 4 is 5.97 Å². The van der Waals surface area contributed by atoms with E-state index in [-0.39, 0.29) is 5.56 Å². The third-order valence-corrected chi connectivity index (χ3v) is 4.10. The van der Waals surface area contributed by atoms with Crippen molar-refractivity contribution in [1.82, 2.24) is 9.97 Å². The van der Waals surface area contributed by atoms with E-state index in [1.54, 1.807) is 30.5 Å². The van der Waals surface area contributed by atoms with Gasteiger partial charge >= 0.3 is 5.97 Å². The van der Waals surface area contributed by atoms with Gasteiger partial charge in [-0.1, -0.05) is 54.1 Å². The van der Waals surface area contributed by atoms with Gasteiger partial charge in [-0.15, -0.1) is 0 Å². The van der Waals surface area contributed by atoms with E-state index < -0.39 is 5.97 Å². The summed E-state index contributed by atoms with van der Waals surface area (Å²) < 4.78 is 0. The van der Waals surface area contributed by atoms with Crippen molar-refractivity contribution in [3.05, 3.63) is 108 Å². The van der Waals surface area contributed by atoms with E-state index in [4.69, 9.17) is 5.11 Å². The number of hydrogen-bond donors (Lipinski definition) is 1. The SMILES string of the molecule is Cc1ccc(-c2ccccn2)cc1.O=C(O)c1ccc(-c2ccccn2)cc1. The molecule has 0 aliphatic heterocycles. The van der Waals surface area contributed by atoms with Crippen LogP contribution in [0.15, 0.2) is 97.3 Å². The molecule has 2 aromatic carbocycles. The fourth-order valence-electron chi connectivity index (χ4n) is 2.57. The predicted molar refractivity (Wildman–Crippen MR) is 111 cm³/mol. The molecule has 2 heterocycles. The third-order valence-electron chi connectivity index (χ3n) is 4.10. The van der Waals surface area contributed by atoms with Crippen LogP contribution in [-0.4, -0.2) is 21.0 Å². The van der Waals surface area contributed by atoms with Crippen molar-refractivity contribution in [3.8, 4) is 22.5 Å². The maximum Gasteiger partial charge on any atom is 0.335 e. The average molecular weight is 368 g/mol. The topological polar surface area (TPSA) is 63.1 Å². The van der Waals surface area contributed by atoms with Crippen LogP contribution in [0.5, 0.6) is 0 Å². The van der Waals surface area contributed by atoms with E-state index in [2.05, 4.69) is 41.2 Å². The molecular formula is C24H20N2O2. The van der Waals surface area contributed by atoms with Gasteiger partial charge in [-0.2, -0.15) is 0 Å². The molecule has 4 nitrogen and oxygen atoms in total. The molecule has 2 aromatic heterocycles. The zero-order valence-electron chi connectivity index (χ0n) is 15.5. The zero-order chi connectivity index (χ0) is 19.8. The highest BCUT2D eigenvalue weighted by molar-refractivity contribution is 5.88. The Morgan fingerprint density at radius 3 is 1.54 bits per heavy atom. The van der Waals surface area contributed by atoms with Crippen molar-refractivity contribution in [2.45, 2.75) is 6.92 Å². The van der Waals surface area contributed by atoms with Gasteiger partial charge in [0.05, 0.1) is 17.0 Å². The molecule has 0 saturated carbocycles. The second-order valence-electron chi connectivity index (χ2n) is 6.18. The molecule has 0 amide bonds. The molecule has 4 rings (SSSR count). The lowest BCUT2D eigenvalue weighted by Crippen LogP contribution is -1.95. The van der Waals surface area contributed by atoms with Crippen LogP contribution in [-0.2, 0) is 0 Å². The molecule has 0 saturated heterocycles. The van der Waals surface area contributed by atoms with Gasteiger partial charge in [-0.3, -0.25) is 9.97 Å². The number of pyridine rings is 2. The standard InChI is InChI=1S/C12H9NO2.C12H11N/c14-12(15)10-6-4-9(5-7-10)11-3-1-2-8-13-11;1-10-5-7-11(8-6-10)12-4-2-3-9-13-12/h1-8H,(H,14,15);2-9H,1H3. The highest BCUT2D eigenvalue weighted by Crippen LogP contribution is 2.17. The highest BCUT2D eigenvalue weighted by atomic mass is 16.4. The Bertz CT molecular complexity index is 1010. The van der Waals surface area contributed by atoms with Gasteiger partial charge in [0.15, 0.2) is 0 Å². The van der Waals surface area contributed by atoms with E-state index in [1.807, 2.05) is 42.6 Å². The van der Waals surface area contributed by atoms with Crippen LogP contribution < -0.4 is 0 Å². The Kier molecular flexibility index (Phi) is 6.26. The lowest BCUT2D eigenvalue weighted by molar-refractivity contribution is 0.0697. The average Bonchev–Trinajstić information content (AvgIpc) is 2.76. The summed E-state index contributed by atoms with van der Waals surface area (Å²) in [4.78, 5) is 19.1. The van der Waals surface area contributed by atoms with Gasteiger partial charge in [0.1, 0.15) is 0 Å². The van der Waals surface area contributed by atoms with Crippen molar-refractivity contribution in [2.24, 2.45) is 0 Å². The van der Waals surface area contributed by atoms with E-state index in [9.17, 15) is 4.79 Å². The second kappa shape index (κ2) is 9.24. The molecule has 0 fully saturated rings. The van der Waals surface area contributed by atoms with Gasteiger partial charge in [0, 0.05) is 23.5 Å². The number of carboxylic acid groups (broad SMARTS) is 1. The third kappa shape index (κ3) is 5.11. The van der Waals surface area contributed by atoms with E-state index >= 15 is 0 Å². The first-order chi connectivity index (χ1) is 13.6. The number of aromatic nitrogens is 2. The Hall–Kier alpha value is -3.79. The van der Waals surface area contributed by atoms with Crippen molar-refractivity contribution < 1.29 is 9.90 Å². The minimum absolute atomic E-state index is 0.287. The summed E-state index contributed by atoms with van der Waals surface area (Å²) >= 11 is 0. The lowest BCUT2D eigenvalue weighted by Gasteiger charge is -2.00. The van der Waals surface area contributed by atoms with E-state index in [1.165, 1.54) is 11.1 Å². The van der Waals surface area contributed by atoms with Gasteiger partial charge in [-0.25, -0.2) is 4.79 Å². The Balaban J connectivity index is 0.000000162. The summed E-state index contributed by atoms with van der Waals surface area (Å²) in [7, 11) is 0. The van der Waals surface area contributed by atoms with Gasteiger partial charge in [0.2, 0.25) is 0 Å². The number of hydrogen-bond acceptors (Lipinski definition) is 3. The molecule has 28 heavy (non-hydrogen) atoms. The minimum atomic E-state index is -0.914. The predicted octanol–water partition coefficient (Wildman–Crippen LogP) is 5.50. The summed E-state index contributed by atoms with van der Waals surface area (Å²) in [6.45, 7) is 2.09. The molecule has 0 bridgehead atoms. The number of carboxylic acids is 1. The first-order valence-corrected chi connectivity index (χ1v) is 8.86. The number of carbonyl (C=O) groups is 1. The van der Waals surface area contributed by atoms with Gasteiger partial charge in [-0.05, 0) is 43.3 Å². The van der Waals surface area contributed by atoms with Crippen LogP contribution in [0.3, 0.4) is 0 Å². The van der Waals surface area contributed by atoms with Crippen LogP contribution in [0.2, 0.25) is 0 Å². The Labute approximate surface area is 164 Å². The quantitative estimate of drug-likeness (QED) is 0.518. The van der Waals surface area contributed by atoms with E-state index in [0.29, 0.717) is 0 Å². The van der Waals surface area contributed by atoms with Crippen molar-refractivity contribution in [3.63, 3.8) is 0 Å². The van der Waals surface area contributed by atoms with E-state index in [0.717, 1.165) is 17.0 Å². The number of benzene rings is 2. The molecule has 4 heteroatoms. The fourth-order valence-corrected chi connectivity index (χ4v) is 2.57. The van der Waals surface area contributed by atoms with Crippen LogP contribution >= 0.6 is 0 Å². The maximum absolute atomic E-state index is 10.6. The zero-order valence-corrected chi connectivity index (χ0v) is 15.5. The monoisotopic (exact) mass is 368 g/mol. The maximum atomic E-state index is 10.6. The molecule has 0 aliphatic carbocycles. The Morgan fingerprint density at radius 2 is 1.14 bits per heavy atom. The number of rotatable bonds is 3. The largest absolute Gasteiger partial charge is 0.478 e. The molecule has 0 unspecified atom stereocenters. The van der Waals surface area contributed by atoms with Crippen LogP contribution in [0.1, 0.15) is 15.9 Å². The van der Waals surface area contributed by atoms with Crippen molar-refractivity contribution in [2.75, 3.05) is 0 Å². The lowest BCUT2D eigenvalue weighted by atomic mass is 10.1. The summed E-state index contributed by atoms with van der Waals surface area (Å²) in [5, 5.41) is 8.73. The molecular weight excluding hydrogens is 348 g/mol.